The lowest BCUT2D eigenvalue weighted by atomic mass is 10.1. The number of nitrogens with zero attached hydrogens (tertiary/aromatic N) is 10. The molecule has 0 aromatic carbocycles. The molecule has 0 radical (unpaired) electrons. The van der Waals surface area contributed by atoms with Gasteiger partial charge in [0.2, 0.25) is 11.9 Å². The van der Waals surface area contributed by atoms with Crippen molar-refractivity contribution in [3.05, 3.63) is 95.3 Å². The second-order valence-electron chi connectivity index (χ2n) is 20.1. The maximum Gasteiger partial charge on any atom is 0.408 e. The van der Waals surface area contributed by atoms with Gasteiger partial charge >= 0.3 is 12.4 Å². The molecule has 18 nitrogen and oxygen atoms in total. The average Bonchev–Trinajstić information content (AvgIpc) is 4.13. The van der Waals surface area contributed by atoms with Crippen LogP contribution in [0.3, 0.4) is 0 Å². The summed E-state index contributed by atoms with van der Waals surface area (Å²) in [6, 6.07) is 2.44. The highest BCUT2D eigenvalue weighted by atomic mass is 19.4. The summed E-state index contributed by atoms with van der Waals surface area (Å²) >= 11 is 0. The van der Waals surface area contributed by atoms with Crippen LogP contribution < -0.4 is 20.4 Å². The smallest absolute Gasteiger partial charge is 0.390 e. The Labute approximate surface area is 442 Å². The minimum Gasteiger partial charge on any atom is -0.390 e. The summed E-state index contributed by atoms with van der Waals surface area (Å²) in [7, 11) is 0. The Kier molecular flexibility index (Phi) is 17.1. The first-order valence-electron chi connectivity index (χ1n) is 25.9. The molecule has 0 aliphatic carbocycles. The third-order valence-electron chi connectivity index (χ3n) is 14.6. The molecule has 4 fully saturated rings. The monoisotopic (exact) mass is 1100 g/mol. The molecule has 0 bridgehead atoms. The van der Waals surface area contributed by atoms with Crippen LogP contribution in [0.2, 0.25) is 0 Å². The van der Waals surface area contributed by atoms with Crippen LogP contribution in [-0.4, -0.2) is 163 Å². The maximum absolute atomic E-state index is 14.0. The minimum absolute atomic E-state index is 0.0314. The number of alkyl halides is 8. The predicted octanol–water partition coefficient (Wildman–Crippen LogP) is 6.72. The van der Waals surface area contributed by atoms with E-state index in [1.54, 1.807) is 34.1 Å². The van der Waals surface area contributed by atoms with E-state index in [0.717, 1.165) is 23.0 Å². The van der Waals surface area contributed by atoms with Gasteiger partial charge < -0.3 is 49.3 Å². The van der Waals surface area contributed by atoms with Crippen molar-refractivity contribution in [1.82, 2.24) is 49.7 Å². The number of aromatic nitrogens is 8. The molecule has 0 saturated carbocycles. The van der Waals surface area contributed by atoms with E-state index in [1.807, 2.05) is 0 Å². The lowest BCUT2D eigenvalue weighted by molar-refractivity contribution is -0.162. The summed E-state index contributed by atoms with van der Waals surface area (Å²) in [5, 5.41) is 25.8. The number of aliphatic hydroxyl groups excluding tert-OH is 2. The van der Waals surface area contributed by atoms with E-state index in [9.17, 15) is 54.9 Å². The van der Waals surface area contributed by atoms with Gasteiger partial charge in [-0.15, -0.1) is 0 Å². The fraction of sp³-hybridized carbons (Fsp3) is 0.538. The lowest BCUT2D eigenvalue weighted by Gasteiger charge is -2.32. The fourth-order valence-corrected chi connectivity index (χ4v) is 9.88. The van der Waals surface area contributed by atoms with Gasteiger partial charge in [-0.3, -0.25) is 19.6 Å². The van der Waals surface area contributed by atoms with Crippen molar-refractivity contribution in [2.24, 2.45) is 0 Å². The number of halogens is 8. The molecular weight excluding hydrogens is 1040 g/mol. The van der Waals surface area contributed by atoms with Gasteiger partial charge in [-0.2, -0.15) is 26.3 Å². The standard InChI is InChI=1S/2C26H30F4N6O3/c2*1-15(26(28,29)30)36-13-20(24(38)33-16-4-8-39-9-5-16)19-12-32-18(11-22(19)36)10-17-2-6-31-25(34-17)35-7-3-23(37)21(27)14-35/h2*2,6,11-13,15-16,21,23,37H,3-5,7-10,14H2,1H3,(H,33,38)/t15-,21+,23-;15-,21-,23+/m10/s1. The normalized spacial score (nSPS) is 21.7. The maximum atomic E-state index is 14.0. The van der Waals surface area contributed by atoms with Gasteiger partial charge in [0.15, 0.2) is 0 Å². The Morgan fingerprint density at radius 3 is 1.36 bits per heavy atom. The topological polar surface area (TPSA) is 211 Å². The van der Waals surface area contributed by atoms with Crippen molar-refractivity contribution in [1.29, 1.82) is 0 Å². The first kappa shape index (κ1) is 56.1. The zero-order valence-corrected chi connectivity index (χ0v) is 42.7. The number of hydrogen-bond donors (Lipinski definition) is 4. The van der Waals surface area contributed by atoms with Crippen molar-refractivity contribution in [2.45, 2.75) is 126 Å². The summed E-state index contributed by atoms with van der Waals surface area (Å²) in [6.45, 7) is 4.89. The lowest BCUT2D eigenvalue weighted by Crippen LogP contribution is -2.45. The number of aliphatic hydroxyl groups is 2. The van der Waals surface area contributed by atoms with Crippen molar-refractivity contribution < 1.29 is 64.4 Å². The van der Waals surface area contributed by atoms with Crippen LogP contribution in [-0.2, 0) is 22.3 Å². The molecule has 4 N–H and O–H groups in total. The van der Waals surface area contributed by atoms with Gasteiger partial charge in [0.05, 0.1) is 58.8 Å². The second-order valence-corrected chi connectivity index (χ2v) is 20.1. The first-order valence-corrected chi connectivity index (χ1v) is 25.9. The number of hydrogen-bond acceptors (Lipinski definition) is 14. The van der Waals surface area contributed by atoms with Crippen molar-refractivity contribution >= 4 is 45.5 Å². The highest BCUT2D eigenvalue weighted by Gasteiger charge is 2.40. The van der Waals surface area contributed by atoms with Gasteiger partial charge in [-0.05, 0) is 76.6 Å². The number of rotatable bonds is 12. The van der Waals surface area contributed by atoms with E-state index in [1.165, 1.54) is 37.2 Å². The number of pyridine rings is 2. The van der Waals surface area contributed by atoms with E-state index in [2.05, 4.69) is 40.5 Å². The molecule has 4 aliphatic rings. The SMILES string of the molecule is C[C@@H](n1cc(C(=O)NC2CCOCC2)c2cnc(Cc3ccnc(N4CC[C@@H](O)[C@@H](F)C4)n3)cc21)C(F)(F)F.C[C@H](n1cc(C(=O)NC2CCOCC2)c2cnc(Cc3ccnc(N4CC[C@@H](O)[C@@H](F)C4)n3)cc21)C(F)(F)F. The van der Waals surface area contributed by atoms with Gasteiger partial charge in [-0.25, -0.2) is 28.7 Å². The third kappa shape index (κ3) is 13.1. The highest BCUT2D eigenvalue weighted by molar-refractivity contribution is 6.08. The van der Waals surface area contributed by atoms with E-state index in [-0.39, 0.29) is 73.0 Å². The molecule has 6 atom stereocenters. The van der Waals surface area contributed by atoms with Gasteiger partial charge in [0.1, 0.15) is 24.4 Å². The molecule has 420 valence electrons. The Hall–Kier alpha value is -6.64. The molecule has 0 unspecified atom stereocenters. The predicted molar refractivity (Wildman–Crippen MR) is 269 cm³/mol. The van der Waals surface area contributed by atoms with Gasteiger partial charge in [-0.1, -0.05) is 0 Å². The molecule has 26 heteroatoms. The molecule has 0 spiro atoms. The molecule has 4 saturated heterocycles. The molecule has 78 heavy (non-hydrogen) atoms. The van der Waals surface area contributed by atoms with Crippen LogP contribution in [0.4, 0.5) is 47.0 Å². The number of amides is 2. The summed E-state index contributed by atoms with van der Waals surface area (Å²) in [6.07, 6.45) is -2.08. The van der Waals surface area contributed by atoms with E-state index < -0.39 is 60.8 Å². The number of ether oxygens (including phenoxy) is 2. The molecule has 10 heterocycles. The Morgan fingerprint density at radius 2 is 1.00 bits per heavy atom. The van der Waals surface area contributed by atoms with Crippen LogP contribution in [0, 0.1) is 0 Å². The summed E-state index contributed by atoms with van der Waals surface area (Å²) < 4.78 is 123. The Morgan fingerprint density at radius 1 is 0.615 bits per heavy atom. The van der Waals surface area contributed by atoms with E-state index >= 15 is 0 Å². The van der Waals surface area contributed by atoms with Crippen LogP contribution >= 0.6 is 0 Å². The number of carbonyl (C=O) groups excluding carboxylic acids is 2. The number of anilines is 2. The highest BCUT2D eigenvalue weighted by Crippen LogP contribution is 2.37. The number of carbonyl (C=O) groups is 2. The van der Waals surface area contributed by atoms with Crippen LogP contribution in [0.1, 0.15) is 108 Å². The molecule has 4 aliphatic heterocycles. The molecule has 6 aromatic rings. The third-order valence-corrected chi connectivity index (χ3v) is 14.6. The van der Waals surface area contributed by atoms with Crippen LogP contribution in [0.25, 0.3) is 21.8 Å². The van der Waals surface area contributed by atoms with E-state index in [0.29, 0.717) is 111 Å². The number of piperidine rings is 2. The van der Waals surface area contributed by atoms with E-state index in [4.69, 9.17) is 9.47 Å². The van der Waals surface area contributed by atoms with Crippen molar-refractivity contribution in [2.75, 3.05) is 62.4 Å². The van der Waals surface area contributed by atoms with Crippen LogP contribution in [0.5, 0.6) is 0 Å². The fourth-order valence-electron chi connectivity index (χ4n) is 9.88. The summed E-state index contributed by atoms with van der Waals surface area (Å²) in [5.74, 6) is -0.283. The Bertz CT molecular complexity index is 2860. The quantitative estimate of drug-likeness (QED) is 0.0939. The molecule has 2 amide bonds. The molecule has 10 rings (SSSR count). The summed E-state index contributed by atoms with van der Waals surface area (Å²) in [5.41, 5.74) is 2.74. The van der Waals surface area contributed by atoms with Gasteiger partial charge in [0.25, 0.3) is 11.8 Å². The second kappa shape index (κ2) is 23.8. The zero-order valence-electron chi connectivity index (χ0n) is 42.7. The minimum atomic E-state index is -4.53. The Balaban J connectivity index is 0.000000190. The largest absolute Gasteiger partial charge is 0.408 e. The van der Waals surface area contributed by atoms with Gasteiger partial charge in [0, 0.05) is 124 Å². The summed E-state index contributed by atoms with van der Waals surface area (Å²) in [4.78, 5) is 55.7. The van der Waals surface area contributed by atoms with Crippen LogP contribution in [0.15, 0.2) is 61.4 Å². The molecule has 6 aromatic heterocycles. The van der Waals surface area contributed by atoms with Crippen molar-refractivity contribution in [3.8, 4) is 0 Å². The zero-order chi connectivity index (χ0) is 55.5. The first-order chi connectivity index (χ1) is 37.2. The number of fused-ring (bicyclic) bond motifs is 2. The van der Waals surface area contributed by atoms with Crippen molar-refractivity contribution in [3.63, 3.8) is 0 Å². The number of nitrogens with one attached hydrogen (secondary N) is 2. The molecular formula is C52H60F8N12O6. The average molecular weight is 1100 g/mol.